The Morgan fingerprint density at radius 1 is 0.829 bits per heavy atom. The van der Waals surface area contributed by atoms with Gasteiger partial charge in [-0.1, -0.05) is 50.1 Å². The third-order valence-corrected chi connectivity index (χ3v) is 6.14. The molecule has 4 aromatic rings. The van der Waals surface area contributed by atoms with Gasteiger partial charge in [0.05, 0.1) is 12.2 Å². The van der Waals surface area contributed by atoms with E-state index in [0.29, 0.717) is 58.2 Å². The summed E-state index contributed by atoms with van der Waals surface area (Å²) in [6.07, 6.45) is 3.94. The zero-order valence-electron chi connectivity index (χ0n) is 19.6. The summed E-state index contributed by atoms with van der Waals surface area (Å²) >= 11 is 0. The van der Waals surface area contributed by atoms with Gasteiger partial charge in [0.15, 0.2) is 0 Å². The number of unbranched alkanes of at least 4 members (excludes halogenated alkanes) is 2. The lowest BCUT2D eigenvalue weighted by atomic mass is 9.96. The number of ether oxygens (including phenoxy) is 1. The number of halogens is 3. The van der Waals surface area contributed by atoms with Gasteiger partial charge in [-0.2, -0.15) is 5.26 Å². The Morgan fingerprint density at radius 3 is 2.43 bits per heavy atom. The Morgan fingerprint density at radius 2 is 1.69 bits per heavy atom. The van der Waals surface area contributed by atoms with E-state index in [0.717, 1.165) is 19.3 Å². The largest absolute Gasteiger partial charge is 0.493 e. The van der Waals surface area contributed by atoms with Crippen molar-refractivity contribution < 1.29 is 17.9 Å². The van der Waals surface area contributed by atoms with E-state index in [4.69, 9.17) is 10.00 Å². The molecule has 4 rings (SSSR count). The monoisotopic (exact) mass is 473 g/mol. The number of nitrogens with zero attached hydrogens (tertiary/aromatic N) is 1. The summed E-state index contributed by atoms with van der Waals surface area (Å²) in [5, 5.41) is 9.98. The SMILES string of the molecule is CCCCCOc1ccc(-c2ccc3c(F)c(CCc4ccc(C#N)c(F)c4)ccc3c2)c(F)c1. The smallest absolute Gasteiger partial charge is 0.141 e. The quantitative estimate of drug-likeness (QED) is 0.230. The number of nitriles is 1. The maximum absolute atomic E-state index is 15.2. The van der Waals surface area contributed by atoms with Crippen LogP contribution in [0.2, 0.25) is 0 Å². The summed E-state index contributed by atoms with van der Waals surface area (Å²) in [6.45, 7) is 2.68. The van der Waals surface area contributed by atoms with Crippen LogP contribution >= 0.6 is 0 Å². The van der Waals surface area contributed by atoms with Crippen molar-refractivity contribution in [3.8, 4) is 22.9 Å². The molecule has 2 nitrogen and oxygen atoms in total. The molecule has 4 aromatic carbocycles. The van der Waals surface area contributed by atoms with E-state index in [2.05, 4.69) is 6.92 Å². The van der Waals surface area contributed by atoms with E-state index in [-0.39, 0.29) is 17.2 Å². The molecule has 0 aliphatic carbocycles. The third-order valence-electron chi connectivity index (χ3n) is 6.14. The van der Waals surface area contributed by atoms with Crippen molar-refractivity contribution in [3.63, 3.8) is 0 Å². The van der Waals surface area contributed by atoms with Crippen molar-refractivity contribution in [1.29, 1.82) is 5.26 Å². The number of rotatable bonds is 9. The molecule has 0 N–H and O–H groups in total. The number of hydrogen-bond acceptors (Lipinski definition) is 2. The molecule has 0 radical (unpaired) electrons. The van der Waals surface area contributed by atoms with Crippen LogP contribution in [0.1, 0.15) is 42.9 Å². The molecule has 5 heteroatoms. The third kappa shape index (κ3) is 5.66. The number of aryl methyl sites for hydroxylation is 2. The molecule has 0 heterocycles. The zero-order chi connectivity index (χ0) is 24.8. The molecule has 35 heavy (non-hydrogen) atoms. The van der Waals surface area contributed by atoms with Crippen molar-refractivity contribution in [2.45, 2.75) is 39.0 Å². The van der Waals surface area contributed by atoms with Gasteiger partial charge in [0, 0.05) is 17.0 Å². The van der Waals surface area contributed by atoms with Crippen LogP contribution in [0.15, 0.2) is 66.7 Å². The Balaban J connectivity index is 1.51. The number of hydrogen-bond donors (Lipinski definition) is 0. The molecule has 0 spiro atoms. The number of benzene rings is 4. The first kappa shape index (κ1) is 24.3. The highest BCUT2D eigenvalue weighted by molar-refractivity contribution is 5.88. The van der Waals surface area contributed by atoms with E-state index in [1.807, 2.05) is 6.07 Å². The van der Waals surface area contributed by atoms with Gasteiger partial charge in [0.2, 0.25) is 0 Å². The Hall–Kier alpha value is -3.78. The van der Waals surface area contributed by atoms with Crippen molar-refractivity contribution in [2.24, 2.45) is 0 Å². The fourth-order valence-electron chi connectivity index (χ4n) is 4.14. The maximum Gasteiger partial charge on any atom is 0.141 e. The molecule has 0 saturated heterocycles. The molecule has 0 unspecified atom stereocenters. The minimum absolute atomic E-state index is 0.00739. The lowest BCUT2D eigenvalue weighted by molar-refractivity contribution is 0.305. The molecule has 0 aliphatic heterocycles. The van der Waals surface area contributed by atoms with Gasteiger partial charge < -0.3 is 4.74 Å². The molecule has 178 valence electrons. The van der Waals surface area contributed by atoms with E-state index in [1.165, 1.54) is 18.2 Å². The highest BCUT2D eigenvalue weighted by Crippen LogP contribution is 2.31. The van der Waals surface area contributed by atoms with Crippen LogP contribution in [-0.2, 0) is 12.8 Å². The molecule has 0 fully saturated rings. The highest BCUT2D eigenvalue weighted by atomic mass is 19.1. The summed E-state index contributed by atoms with van der Waals surface area (Å²) in [4.78, 5) is 0. The van der Waals surface area contributed by atoms with E-state index < -0.39 is 5.82 Å². The molecular weight excluding hydrogens is 447 g/mol. The van der Waals surface area contributed by atoms with Gasteiger partial charge in [-0.25, -0.2) is 13.2 Å². The standard InChI is InChI=1S/C30H26F3NO/c1-2-3-4-15-35-25-12-14-26(29(32)18-25)22-11-13-27-23(17-22)10-9-21(30(27)33)7-5-20-6-8-24(19-34)28(31)16-20/h6,8-14,16-18H,2-5,7,15H2,1H3. The fraction of sp³-hybridized carbons (Fsp3) is 0.233. The van der Waals surface area contributed by atoms with Gasteiger partial charge in [-0.3, -0.25) is 0 Å². The Labute approximate surface area is 203 Å². The normalized spacial score (nSPS) is 10.9. The first-order valence-electron chi connectivity index (χ1n) is 11.8. The summed E-state index contributed by atoms with van der Waals surface area (Å²) in [5.41, 5.74) is 2.30. The van der Waals surface area contributed by atoms with Gasteiger partial charge in [0.1, 0.15) is 29.3 Å². The van der Waals surface area contributed by atoms with Crippen LogP contribution in [0, 0.1) is 28.8 Å². The van der Waals surface area contributed by atoms with Crippen LogP contribution in [0.25, 0.3) is 21.9 Å². The van der Waals surface area contributed by atoms with Crippen LogP contribution in [0.5, 0.6) is 5.75 Å². The predicted molar refractivity (Wildman–Crippen MR) is 133 cm³/mol. The minimum atomic E-state index is -0.570. The summed E-state index contributed by atoms with van der Waals surface area (Å²) in [5.74, 6) is -0.788. The zero-order valence-corrected chi connectivity index (χ0v) is 19.6. The van der Waals surface area contributed by atoms with Crippen LogP contribution < -0.4 is 4.74 Å². The van der Waals surface area contributed by atoms with E-state index >= 15 is 4.39 Å². The average molecular weight is 474 g/mol. The second kappa shape index (κ2) is 11.1. The van der Waals surface area contributed by atoms with Gasteiger partial charge in [-0.05, 0) is 71.7 Å². The molecule has 0 bridgehead atoms. The van der Waals surface area contributed by atoms with E-state index in [9.17, 15) is 8.78 Å². The van der Waals surface area contributed by atoms with Crippen LogP contribution in [-0.4, -0.2) is 6.61 Å². The van der Waals surface area contributed by atoms with Crippen molar-refractivity contribution >= 4 is 10.8 Å². The first-order chi connectivity index (χ1) is 17.0. The molecule has 0 aromatic heterocycles. The van der Waals surface area contributed by atoms with Crippen molar-refractivity contribution in [3.05, 3.63) is 101 Å². The second-order valence-corrected chi connectivity index (χ2v) is 8.60. The Kier molecular flexibility index (Phi) is 7.72. The molecular formula is C30H26F3NO. The summed E-state index contributed by atoms with van der Waals surface area (Å²) in [6, 6.07) is 19.8. The molecule has 0 amide bonds. The summed E-state index contributed by atoms with van der Waals surface area (Å²) in [7, 11) is 0. The predicted octanol–water partition coefficient (Wildman–Crippen LogP) is 8.15. The topological polar surface area (TPSA) is 33.0 Å². The van der Waals surface area contributed by atoms with Gasteiger partial charge in [-0.15, -0.1) is 0 Å². The van der Waals surface area contributed by atoms with Crippen LogP contribution in [0.4, 0.5) is 13.2 Å². The summed E-state index contributed by atoms with van der Waals surface area (Å²) < 4.78 is 49.5. The van der Waals surface area contributed by atoms with Crippen molar-refractivity contribution in [1.82, 2.24) is 0 Å². The number of fused-ring (bicyclic) bond motifs is 1. The molecule has 0 atom stereocenters. The molecule has 0 saturated carbocycles. The maximum atomic E-state index is 15.2. The highest BCUT2D eigenvalue weighted by Gasteiger charge is 2.12. The molecule has 0 aliphatic rings. The average Bonchev–Trinajstić information content (AvgIpc) is 2.86. The second-order valence-electron chi connectivity index (χ2n) is 8.60. The van der Waals surface area contributed by atoms with Crippen molar-refractivity contribution in [2.75, 3.05) is 6.61 Å². The Bertz CT molecular complexity index is 1390. The fourth-order valence-corrected chi connectivity index (χ4v) is 4.14. The van der Waals surface area contributed by atoms with Crippen LogP contribution in [0.3, 0.4) is 0 Å². The van der Waals surface area contributed by atoms with Gasteiger partial charge in [0.25, 0.3) is 0 Å². The first-order valence-corrected chi connectivity index (χ1v) is 11.8. The lowest BCUT2D eigenvalue weighted by Gasteiger charge is -2.11. The lowest BCUT2D eigenvalue weighted by Crippen LogP contribution is -1.98. The van der Waals surface area contributed by atoms with Gasteiger partial charge >= 0.3 is 0 Å². The minimum Gasteiger partial charge on any atom is -0.493 e. The van der Waals surface area contributed by atoms with E-state index in [1.54, 1.807) is 48.5 Å².